The molecule has 0 aliphatic carbocycles. The van der Waals surface area contributed by atoms with Crippen molar-refractivity contribution >= 4 is 13.7 Å². The number of rotatable bonds is 12. The molecule has 124 valence electrons. The molecule has 2 rings (SSSR count). The first kappa shape index (κ1) is 17.6. The van der Waals surface area contributed by atoms with Crippen LogP contribution in [0.1, 0.15) is 26.7 Å². The first-order valence-electron chi connectivity index (χ1n) is 8.33. The number of hydrogen-bond donors (Lipinski definition) is 0. The van der Waals surface area contributed by atoms with Gasteiger partial charge >= 0.3 is 8.56 Å². The van der Waals surface area contributed by atoms with Crippen LogP contribution in [0.2, 0.25) is 6.04 Å². The predicted molar refractivity (Wildman–Crippen MR) is 89.7 cm³/mol. The number of benzene rings is 1. The van der Waals surface area contributed by atoms with Gasteiger partial charge in [-0.05, 0) is 18.0 Å². The minimum atomic E-state index is -2.43. The lowest BCUT2D eigenvalue weighted by Gasteiger charge is -2.31. The van der Waals surface area contributed by atoms with Crippen LogP contribution < -0.4 is 5.19 Å². The topological polar surface area (TPSA) is 40.2 Å². The van der Waals surface area contributed by atoms with Gasteiger partial charge in [-0.3, -0.25) is 0 Å². The molecule has 0 saturated carbocycles. The van der Waals surface area contributed by atoms with Crippen molar-refractivity contribution in [2.24, 2.45) is 0 Å². The molecule has 1 aliphatic heterocycles. The van der Waals surface area contributed by atoms with E-state index in [-0.39, 0.29) is 0 Å². The maximum absolute atomic E-state index is 6.30. The molecule has 1 aromatic carbocycles. The molecule has 4 nitrogen and oxygen atoms in total. The minimum absolute atomic E-state index is 0.306. The Morgan fingerprint density at radius 2 is 1.68 bits per heavy atom. The van der Waals surface area contributed by atoms with Gasteiger partial charge in [0.1, 0.15) is 6.10 Å². The summed E-state index contributed by atoms with van der Waals surface area (Å²) in [6.45, 7) is 7.90. The Balaban J connectivity index is 2.03. The van der Waals surface area contributed by atoms with E-state index in [1.54, 1.807) is 0 Å². The van der Waals surface area contributed by atoms with Crippen molar-refractivity contribution in [1.82, 2.24) is 0 Å². The SMILES string of the molecule is CCCO[Si](CCOCC1CO1)(OCCC)c1ccccc1. The second-order valence-electron chi connectivity index (χ2n) is 5.60. The number of ether oxygens (including phenoxy) is 2. The Morgan fingerprint density at radius 1 is 1.05 bits per heavy atom. The number of hydrogen-bond acceptors (Lipinski definition) is 4. The van der Waals surface area contributed by atoms with E-state index in [0.29, 0.717) is 19.3 Å². The third kappa shape index (κ3) is 5.48. The fourth-order valence-corrected chi connectivity index (χ4v) is 5.48. The minimum Gasteiger partial charge on any atom is -0.391 e. The van der Waals surface area contributed by atoms with Gasteiger partial charge in [-0.1, -0.05) is 44.2 Å². The highest BCUT2D eigenvalue weighted by molar-refractivity contribution is 6.81. The summed E-state index contributed by atoms with van der Waals surface area (Å²) in [6.07, 6.45) is 2.29. The molecule has 0 radical (unpaired) electrons. The van der Waals surface area contributed by atoms with Crippen molar-refractivity contribution in [1.29, 1.82) is 0 Å². The van der Waals surface area contributed by atoms with Crippen LogP contribution in [0, 0.1) is 0 Å². The highest BCUT2D eigenvalue weighted by Crippen LogP contribution is 2.17. The fourth-order valence-electron chi connectivity index (χ4n) is 2.31. The zero-order valence-electron chi connectivity index (χ0n) is 13.8. The lowest BCUT2D eigenvalue weighted by molar-refractivity contribution is 0.113. The summed E-state index contributed by atoms with van der Waals surface area (Å²) in [4.78, 5) is 0. The fraction of sp³-hybridized carbons (Fsp3) is 0.647. The van der Waals surface area contributed by atoms with Gasteiger partial charge in [0.15, 0.2) is 0 Å². The molecular weight excluding hydrogens is 296 g/mol. The largest absolute Gasteiger partial charge is 0.391 e. The highest BCUT2D eigenvalue weighted by atomic mass is 28.4. The van der Waals surface area contributed by atoms with E-state index >= 15 is 0 Å². The normalized spacial score (nSPS) is 17.6. The average molecular weight is 324 g/mol. The molecule has 1 heterocycles. The molecule has 0 bridgehead atoms. The summed E-state index contributed by atoms with van der Waals surface area (Å²) in [5, 5.41) is 1.20. The van der Waals surface area contributed by atoms with Crippen molar-refractivity contribution in [2.75, 3.05) is 33.0 Å². The van der Waals surface area contributed by atoms with E-state index in [9.17, 15) is 0 Å². The third-order valence-corrected chi connectivity index (χ3v) is 6.99. The highest BCUT2D eigenvalue weighted by Gasteiger charge is 2.40. The van der Waals surface area contributed by atoms with Gasteiger partial charge in [-0.25, -0.2) is 0 Å². The quantitative estimate of drug-likeness (QED) is 0.337. The number of epoxide rings is 1. The predicted octanol–water partition coefficient (Wildman–Crippen LogP) is 2.60. The molecule has 0 N–H and O–H groups in total. The maximum atomic E-state index is 6.30. The molecule has 0 amide bonds. The monoisotopic (exact) mass is 324 g/mol. The van der Waals surface area contributed by atoms with E-state index in [1.807, 2.05) is 6.07 Å². The van der Waals surface area contributed by atoms with Crippen LogP contribution in [-0.4, -0.2) is 47.7 Å². The van der Waals surface area contributed by atoms with Crippen LogP contribution in [-0.2, 0) is 18.3 Å². The molecule has 1 aliphatic rings. The van der Waals surface area contributed by atoms with E-state index in [0.717, 1.165) is 38.7 Å². The Bertz CT molecular complexity index is 400. The summed E-state index contributed by atoms with van der Waals surface area (Å²) in [5.74, 6) is 0. The van der Waals surface area contributed by atoms with Gasteiger partial charge in [0.2, 0.25) is 0 Å². The molecule has 5 heteroatoms. The summed E-state index contributed by atoms with van der Waals surface area (Å²) >= 11 is 0. The average Bonchev–Trinajstić information content (AvgIpc) is 3.39. The third-order valence-electron chi connectivity index (χ3n) is 3.57. The summed E-state index contributed by atoms with van der Waals surface area (Å²) in [6, 6.07) is 11.2. The molecule has 0 spiro atoms. The molecular formula is C17H28O4Si. The van der Waals surface area contributed by atoms with Gasteiger partial charge in [0, 0.05) is 25.9 Å². The Labute approximate surface area is 135 Å². The molecule has 1 saturated heterocycles. The molecule has 22 heavy (non-hydrogen) atoms. The van der Waals surface area contributed by atoms with Gasteiger partial charge in [0.25, 0.3) is 0 Å². The second kappa shape index (κ2) is 9.42. The smallest absolute Gasteiger partial charge is 0.374 e. The lowest BCUT2D eigenvalue weighted by Crippen LogP contribution is -2.55. The van der Waals surface area contributed by atoms with E-state index < -0.39 is 8.56 Å². The molecule has 1 atom stereocenters. The standard InChI is InChI=1S/C17H28O4Si/c1-3-10-20-22(21-11-4-2,17-8-6-5-7-9-17)13-12-18-14-16-15-19-16/h5-9,16H,3-4,10-15H2,1-2H3. The first-order chi connectivity index (χ1) is 10.8. The Hall–Kier alpha value is -0.723. The maximum Gasteiger partial charge on any atom is 0.374 e. The summed E-state index contributed by atoms with van der Waals surface area (Å²) in [5.41, 5.74) is 0. The van der Waals surface area contributed by atoms with E-state index in [4.69, 9.17) is 18.3 Å². The first-order valence-corrected chi connectivity index (χ1v) is 10.4. The molecule has 1 aromatic rings. The van der Waals surface area contributed by atoms with Gasteiger partial charge in [0.05, 0.1) is 13.2 Å². The van der Waals surface area contributed by atoms with Crippen molar-refractivity contribution in [3.05, 3.63) is 30.3 Å². The zero-order valence-corrected chi connectivity index (χ0v) is 14.8. The molecule has 1 unspecified atom stereocenters. The van der Waals surface area contributed by atoms with Crippen molar-refractivity contribution in [3.63, 3.8) is 0 Å². The van der Waals surface area contributed by atoms with Gasteiger partial charge in [-0.2, -0.15) is 0 Å². The molecule has 1 fully saturated rings. The van der Waals surface area contributed by atoms with Crippen LogP contribution >= 0.6 is 0 Å². The summed E-state index contributed by atoms with van der Waals surface area (Å²) in [7, 11) is -2.43. The lowest BCUT2D eigenvalue weighted by atomic mass is 10.4. The van der Waals surface area contributed by atoms with E-state index in [2.05, 4.69) is 38.1 Å². The zero-order chi connectivity index (χ0) is 15.7. The Kier molecular flexibility index (Phi) is 7.55. The summed E-state index contributed by atoms with van der Waals surface area (Å²) < 4.78 is 23.5. The Morgan fingerprint density at radius 3 is 2.23 bits per heavy atom. The van der Waals surface area contributed by atoms with Gasteiger partial charge < -0.3 is 18.3 Å². The van der Waals surface area contributed by atoms with Crippen molar-refractivity contribution in [2.45, 2.75) is 38.8 Å². The van der Waals surface area contributed by atoms with Crippen LogP contribution in [0.15, 0.2) is 30.3 Å². The second-order valence-corrected chi connectivity index (χ2v) is 8.76. The molecule has 0 aromatic heterocycles. The van der Waals surface area contributed by atoms with Gasteiger partial charge in [-0.15, -0.1) is 0 Å². The van der Waals surface area contributed by atoms with Crippen LogP contribution in [0.3, 0.4) is 0 Å². The van der Waals surface area contributed by atoms with Crippen LogP contribution in [0.4, 0.5) is 0 Å². The van der Waals surface area contributed by atoms with Crippen LogP contribution in [0.5, 0.6) is 0 Å². The van der Waals surface area contributed by atoms with Crippen LogP contribution in [0.25, 0.3) is 0 Å². The van der Waals surface area contributed by atoms with Crippen molar-refractivity contribution in [3.8, 4) is 0 Å². The van der Waals surface area contributed by atoms with E-state index in [1.165, 1.54) is 5.19 Å². The van der Waals surface area contributed by atoms with Crippen molar-refractivity contribution < 1.29 is 18.3 Å².